The molecule has 0 saturated heterocycles. The summed E-state index contributed by atoms with van der Waals surface area (Å²) in [4.78, 5) is 0. The van der Waals surface area contributed by atoms with Crippen molar-refractivity contribution < 1.29 is 14.2 Å². The molecule has 18 heavy (non-hydrogen) atoms. The molecule has 2 nitrogen and oxygen atoms in total. The Bertz CT molecular complexity index is 382. The molecule has 0 aliphatic heterocycles. The molecule has 102 valence electrons. The van der Waals surface area contributed by atoms with Crippen LogP contribution in [0.4, 0.5) is 4.39 Å². The van der Waals surface area contributed by atoms with Gasteiger partial charge in [0, 0.05) is 5.56 Å². The lowest BCUT2D eigenvalue weighted by atomic mass is 10.0. The summed E-state index contributed by atoms with van der Waals surface area (Å²) in [6.07, 6.45) is 2.47. The van der Waals surface area contributed by atoms with Gasteiger partial charge >= 0.3 is 0 Å². The number of halogens is 2. The monoisotopic (exact) mass is 318 g/mol. The van der Waals surface area contributed by atoms with Crippen LogP contribution in [0.3, 0.4) is 0 Å². The van der Waals surface area contributed by atoms with E-state index in [0.717, 1.165) is 19.3 Å². The van der Waals surface area contributed by atoms with Crippen molar-refractivity contribution in [3.8, 4) is 5.75 Å². The molecule has 0 bridgehead atoms. The van der Waals surface area contributed by atoms with Gasteiger partial charge in [0.15, 0.2) is 11.6 Å². The number of rotatable bonds is 7. The van der Waals surface area contributed by atoms with Crippen LogP contribution in [0, 0.1) is 5.82 Å². The van der Waals surface area contributed by atoms with E-state index in [9.17, 15) is 9.50 Å². The SMILES string of the molecule is CCCCOc1c(Br)ccc(C(O)CCC)c1F. The normalized spacial score (nSPS) is 12.5. The number of aliphatic hydroxyl groups excluding tert-OH is 1. The Morgan fingerprint density at radius 3 is 2.67 bits per heavy atom. The molecule has 1 rings (SSSR count). The highest BCUT2D eigenvalue weighted by molar-refractivity contribution is 9.10. The molecule has 0 aromatic heterocycles. The van der Waals surface area contributed by atoms with Crippen molar-refractivity contribution >= 4 is 15.9 Å². The Hall–Kier alpha value is -0.610. The maximum atomic E-state index is 14.2. The fraction of sp³-hybridized carbons (Fsp3) is 0.571. The molecule has 0 saturated carbocycles. The average molecular weight is 319 g/mol. The Morgan fingerprint density at radius 2 is 2.06 bits per heavy atom. The topological polar surface area (TPSA) is 29.5 Å². The zero-order valence-corrected chi connectivity index (χ0v) is 12.5. The van der Waals surface area contributed by atoms with Crippen LogP contribution in [-0.2, 0) is 0 Å². The van der Waals surface area contributed by atoms with Crippen LogP contribution < -0.4 is 4.74 Å². The van der Waals surface area contributed by atoms with Gasteiger partial charge in [-0.1, -0.05) is 32.8 Å². The van der Waals surface area contributed by atoms with Gasteiger partial charge in [0.1, 0.15) is 0 Å². The van der Waals surface area contributed by atoms with Gasteiger partial charge in [0.25, 0.3) is 0 Å². The second-order valence-corrected chi connectivity index (χ2v) is 5.14. The smallest absolute Gasteiger partial charge is 0.172 e. The van der Waals surface area contributed by atoms with Crippen molar-refractivity contribution in [2.24, 2.45) is 0 Å². The molecule has 0 radical (unpaired) electrons. The molecular formula is C14H20BrFO2. The lowest BCUT2D eigenvalue weighted by Gasteiger charge is -2.15. The zero-order valence-electron chi connectivity index (χ0n) is 10.9. The van der Waals surface area contributed by atoms with Crippen molar-refractivity contribution in [3.05, 3.63) is 28.0 Å². The second-order valence-electron chi connectivity index (χ2n) is 4.29. The summed E-state index contributed by atoms with van der Waals surface area (Å²) in [6, 6.07) is 3.32. The lowest BCUT2D eigenvalue weighted by molar-refractivity contribution is 0.160. The van der Waals surface area contributed by atoms with Gasteiger partial charge in [-0.15, -0.1) is 0 Å². The third-order valence-electron chi connectivity index (χ3n) is 2.74. The minimum absolute atomic E-state index is 0.205. The summed E-state index contributed by atoms with van der Waals surface area (Å²) in [6.45, 7) is 4.49. The van der Waals surface area contributed by atoms with E-state index in [0.29, 0.717) is 23.1 Å². The van der Waals surface area contributed by atoms with E-state index in [1.165, 1.54) is 0 Å². The van der Waals surface area contributed by atoms with Crippen molar-refractivity contribution in [1.82, 2.24) is 0 Å². The molecule has 1 aromatic carbocycles. The van der Waals surface area contributed by atoms with Crippen LogP contribution in [0.25, 0.3) is 0 Å². The molecule has 0 heterocycles. The average Bonchev–Trinajstić information content (AvgIpc) is 2.33. The summed E-state index contributed by atoms with van der Waals surface area (Å²) in [5, 5.41) is 9.88. The molecule has 1 unspecified atom stereocenters. The summed E-state index contributed by atoms with van der Waals surface area (Å²) >= 11 is 3.27. The van der Waals surface area contributed by atoms with E-state index in [1.807, 2.05) is 6.92 Å². The molecular weight excluding hydrogens is 299 g/mol. The van der Waals surface area contributed by atoms with E-state index in [1.54, 1.807) is 12.1 Å². The van der Waals surface area contributed by atoms with Crippen LogP contribution in [-0.4, -0.2) is 11.7 Å². The first kappa shape index (κ1) is 15.4. The highest BCUT2D eigenvalue weighted by atomic mass is 79.9. The number of unbranched alkanes of at least 4 members (excludes halogenated alkanes) is 1. The van der Waals surface area contributed by atoms with E-state index >= 15 is 0 Å². The van der Waals surface area contributed by atoms with Gasteiger partial charge in [0.2, 0.25) is 0 Å². The Morgan fingerprint density at radius 1 is 1.33 bits per heavy atom. The third-order valence-corrected chi connectivity index (χ3v) is 3.37. The van der Waals surface area contributed by atoms with Gasteiger partial charge in [-0.3, -0.25) is 0 Å². The van der Waals surface area contributed by atoms with Crippen LogP contribution in [0.15, 0.2) is 16.6 Å². The minimum atomic E-state index is -0.767. The predicted octanol–water partition coefficient (Wildman–Crippen LogP) is 4.60. The van der Waals surface area contributed by atoms with Crippen molar-refractivity contribution in [1.29, 1.82) is 0 Å². The summed E-state index contributed by atoms with van der Waals surface area (Å²) in [7, 11) is 0. The molecule has 0 aliphatic rings. The first-order chi connectivity index (χ1) is 8.61. The first-order valence-corrected chi connectivity index (χ1v) is 7.19. The number of ether oxygens (including phenoxy) is 1. The fourth-order valence-corrected chi connectivity index (χ4v) is 2.11. The first-order valence-electron chi connectivity index (χ1n) is 6.40. The van der Waals surface area contributed by atoms with Gasteiger partial charge in [-0.05, 0) is 34.8 Å². The maximum absolute atomic E-state index is 14.2. The molecule has 0 amide bonds. The van der Waals surface area contributed by atoms with E-state index in [4.69, 9.17) is 4.74 Å². The van der Waals surface area contributed by atoms with Gasteiger partial charge < -0.3 is 9.84 Å². The molecule has 1 N–H and O–H groups in total. The Labute approximate surface area is 116 Å². The van der Waals surface area contributed by atoms with Crippen LogP contribution >= 0.6 is 15.9 Å². The van der Waals surface area contributed by atoms with Gasteiger partial charge in [-0.2, -0.15) is 0 Å². The maximum Gasteiger partial charge on any atom is 0.172 e. The highest BCUT2D eigenvalue weighted by Gasteiger charge is 2.18. The molecule has 1 aromatic rings. The highest BCUT2D eigenvalue weighted by Crippen LogP contribution is 2.34. The third kappa shape index (κ3) is 3.95. The predicted molar refractivity (Wildman–Crippen MR) is 74.4 cm³/mol. The fourth-order valence-electron chi connectivity index (χ4n) is 1.68. The van der Waals surface area contributed by atoms with Crippen LogP contribution in [0.2, 0.25) is 0 Å². The van der Waals surface area contributed by atoms with Crippen LogP contribution in [0.5, 0.6) is 5.75 Å². The number of hydrogen-bond donors (Lipinski definition) is 1. The molecule has 0 aliphatic carbocycles. The van der Waals surface area contributed by atoms with E-state index in [2.05, 4.69) is 22.9 Å². The summed E-state index contributed by atoms with van der Waals surface area (Å²) in [5.41, 5.74) is 0.312. The quantitative estimate of drug-likeness (QED) is 0.744. The molecule has 0 fully saturated rings. The number of hydrogen-bond acceptors (Lipinski definition) is 2. The minimum Gasteiger partial charge on any atom is -0.489 e. The Balaban J connectivity index is 2.91. The van der Waals surface area contributed by atoms with Crippen molar-refractivity contribution in [2.45, 2.75) is 45.6 Å². The zero-order chi connectivity index (χ0) is 13.5. The van der Waals surface area contributed by atoms with Crippen molar-refractivity contribution in [2.75, 3.05) is 6.61 Å². The van der Waals surface area contributed by atoms with Gasteiger partial charge in [-0.25, -0.2) is 4.39 Å². The second kappa shape index (κ2) is 7.74. The molecule has 4 heteroatoms. The summed E-state index contributed by atoms with van der Waals surface area (Å²) in [5.74, 6) is -0.252. The standard InChI is InChI=1S/C14H20BrFO2/c1-3-5-9-18-14-11(15)8-7-10(13(14)16)12(17)6-4-2/h7-8,12,17H,3-6,9H2,1-2H3. The summed E-state index contributed by atoms with van der Waals surface area (Å²) < 4.78 is 20.3. The number of benzene rings is 1. The van der Waals surface area contributed by atoms with Crippen LogP contribution in [0.1, 0.15) is 51.2 Å². The Kier molecular flexibility index (Phi) is 6.65. The van der Waals surface area contributed by atoms with Gasteiger partial charge in [0.05, 0.1) is 17.2 Å². The van der Waals surface area contributed by atoms with Crippen molar-refractivity contribution in [3.63, 3.8) is 0 Å². The largest absolute Gasteiger partial charge is 0.489 e. The molecule has 1 atom stereocenters. The van der Waals surface area contributed by atoms with E-state index in [-0.39, 0.29) is 5.75 Å². The molecule has 0 spiro atoms. The number of aliphatic hydroxyl groups is 1. The lowest BCUT2D eigenvalue weighted by Crippen LogP contribution is -2.05. The van der Waals surface area contributed by atoms with E-state index < -0.39 is 11.9 Å².